The Bertz CT molecular complexity index is 1180. The summed E-state index contributed by atoms with van der Waals surface area (Å²) < 4.78 is 29.1. The normalized spacial score (nSPS) is 11.7. The highest BCUT2D eigenvalue weighted by Crippen LogP contribution is 2.25. The number of hydrogen-bond donors (Lipinski definition) is 1. The first-order chi connectivity index (χ1) is 13.7. The van der Waals surface area contributed by atoms with E-state index in [1.165, 1.54) is 0 Å². The van der Waals surface area contributed by atoms with Gasteiger partial charge in [0.25, 0.3) is 5.91 Å². The van der Waals surface area contributed by atoms with Gasteiger partial charge in [0, 0.05) is 15.1 Å². The number of nitrogens with one attached hydrogen (secondary N) is 1. The third-order valence-corrected chi connectivity index (χ3v) is 6.73. The van der Waals surface area contributed by atoms with Crippen LogP contribution in [0.25, 0.3) is 11.0 Å². The Morgan fingerprint density at radius 1 is 1.24 bits per heavy atom. The van der Waals surface area contributed by atoms with Crippen LogP contribution < -0.4 is 4.72 Å². The molecule has 0 radical (unpaired) electrons. The summed E-state index contributed by atoms with van der Waals surface area (Å²) in [6, 6.07) is 10.6. The van der Waals surface area contributed by atoms with Gasteiger partial charge >= 0.3 is 0 Å². The Morgan fingerprint density at radius 3 is 2.69 bits per heavy atom. The van der Waals surface area contributed by atoms with Gasteiger partial charge in [0.2, 0.25) is 10.0 Å². The lowest BCUT2D eigenvalue weighted by molar-refractivity contribution is 0.0981. The topological polar surface area (TPSA) is 81.1 Å². The van der Waals surface area contributed by atoms with Crippen molar-refractivity contribution in [2.24, 2.45) is 0 Å². The maximum Gasteiger partial charge on any atom is 0.264 e. The van der Waals surface area contributed by atoms with Gasteiger partial charge in [0.05, 0.1) is 23.3 Å². The van der Waals surface area contributed by atoms with E-state index in [1.807, 2.05) is 36.6 Å². The summed E-state index contributed by atoms with van der Waals surface area (Å²) in [5, 5.41) is 0.622. The van der Waals surface area contributed by atoms with Crippen molar-refractivity contribution in [1.82, 2.24) is 14.3 Å². The minimum absolute atomic E-state index is 0.0728. The first kappa shape index (κ1) is 21.8. The SMILES string of the molecule is CCCCS(=O)(=O)NC(=O)c1ccc2nc(C)n(Cc3ccc(Br)cc3Cl)c2c1. The number of fused-ring (bicyclic) bond motifs is 1. The number of hydrogen-bond acceptors (Lipinski definition) is 4. The third kappa shape index (κ3) is 5.18. The lowest BCUT2D eigenvalue weighted by Gasteiger charge is -2.10. The maximum absolute atomic E-state index is 12.5. The van der Waals surface area contributed by atoms with Gasteiger partial charge in [0.15, 0.2) is 0 Å². The highest BCUT2D eigenvalue weighted by Gasteiger charge is 2.18. The molecule has 3 rings (SSSR count). The minimum atomic E-state index is -3.65. The highest BCUT2D eigenvalue weighted by atomic mass is 79.9. The van der Waals surface area contributed by atoms with Crippen LogP contribution in [0.1, 0.15) is 41.5 Å². The van der Waals surface area contributed by atoms with E-state index in [1.54, 1.807) is 18.2 Å². The van der Waals surface area contributed by atoms with E-state index in [2.05, 4.69) is 25.6 Å². The Labute approximate surface area is 183 Å². The van der Waals surface area contributed by atoms with E-state index in [-0.39, 0.29) is 11.3 Å². The van der Waals surface area contributed by atoms with Crippen molar-refractivity contribution in [1.29, 1.82) is 0 Å². The summed E-state index contributed by atoms with van der Waals surface area (Å²) in [5.41, 5.74) is 2.64. The zero-order valence-electron chi connectivity index (χ0n) is 16.1. The molecule has 1 N–H and O–H groups in total. The summed E-state index contributed by atoms with van der Waals surface area (Å²) in [7, 11) is -3.65. The monoisotopic (exact) mass is 497 g/mol. The second-order valence-electron chi connectivity index (χ2n) is 6.79. The van der Waals surface area contributed by atoms with Gasteiger partial charge < -0.3 is 4.57 Å². The van der Waals surface area contributed by atoms with Crippen molar-refractivity contribution in [2.45, 2.75) is 33.2 Å². The molecule has 0 aliphatic carbocycles. The van der Waals surface area contributed by atoms with Gasteiger partial charge in [0.1, 0.15) is 5.82 Å². The fourth-order valence-electron chi connectivity index (χ4n) is 2.99. The van der Waals surface area contributed by atoms with Gasteiger partial charge in [-0.1, -0.05) is 46.9 Å². The van der Waals surface area contributed by atoms with Crippen LogP contribution >= 0.6 is 27.5 Å². The van der Waals surface area contributed by atoms with Crippen molar-refractivity contribution in [2.75, 3.05) is 5.75 Å². The molecule has 2 aromatic carbocycles. The van der Waals surface area contributed by atoms with Gasteiger partial charge in [-0.2, -0.15) is 0 Å². The van der Waals surface area contributed by atoms with Crippen molar-refractivity contribution in [3.8, 4) is 0 Å². The number of carbonyl (C=O) groups is 1. The molecule has 0 aliphatic rings. The van der Waals surface area contributed by atoms with Gasteiger partial charge in [-0.05, 0) is 49.2 Å². The van der Waals surface area contributed by atoms with Crippen LogP contribution in [0.5, 0.6) is 0 Å². The minimum Gasteiger partial charge on any atom is -0.324 e. The zero-order valence-corrected chi connectivity index (χ0v) is 19.2. The molecule has 1 aromatic heterocycles. The lowest BCUT2D eigenvalue weighted by Crippen LogP contribution is -2.32. The summed E-state index contributed by atoms with van der Waals surface area (Å²) in [5.74, 6) is 0.0542. The predicted molar refractivity (Wildman–Crippen MR) is 119 cm³/mol. The summed E-state index contributed by atoms with van der Waals surface area (Å²) >= 11 is 9.75. The molecule has 3 aromatic rings. The van der Waals surface area contributed by atoms with Crippen LogP contribution in [0, 0.1) is 6.92 Å². The quantitative estimate of drug-likeness (QED) is 0.513. The summed E-state index contributed by atoms with van der Waals surface area (Å²) in [6.07, 6.45) is 1.24. The number of carbonyl (C=O) groups excluding carboxylic acids is 1. The van der Waals surface area contributed by atoms with E-state index in [4.69, 9.17) is 11.6 Å². The molecule has 1 heterocycles. The first-order valence-electron chi connectivity index (χ1n) is 9.16. The van der Waals surface area contributed by atoms with Crippen LogP contribution in [0.4, 0.5) is 0 Å². The largest absolute Gasteiger partial charge is 0.324 e. The molecule has 0 saturated carbocycles. The van der Waals surface area contributed by atoms with Crippen molar-refractivity contribution in [3.05, 3.63) is 62.8 Å². The number of halogens is 2. The number of amides is 1. The van der Waals surface area contributed by atoms with Crippen molar-refractivity contribution < 1.29 is 13.2 Å². The number of nitrogens with zero attached hydrogens (tertiary/aromatic N) is 2. The smallest absolute Gasteiger partial charge is 0.264 e. The molecule has 29 heavy (non-hydrogen) atoms. The average Bonchev–Trinajstić information content (AvgIpc) is 2.96. The molecule has 0 unspecified atom stereocenters. The number of imidazole rings is 1. The maximum atomic E-state index is 12.5. The van der Waals surface area contributed by atoms with Crippen molar-refractivity contribution >= 4 is 54.5 Å². The molecule has 1 amide bonds. The van der Waals surface area contributed by atoms with Crippen LogP contribution in [-0.4, -0.2) is 29.6 Å². The number of aryl methyl sites for hydroxylation is 1. The first-order valence-corrected chi connectivity index (χ1v) is 12.0. The Balaban J connectivity index is 1.93. The van der Waals surface area contributed by atoms with E-state index in [0.29, 0.717) is 18.0 Å². The molecule has 9 heteroatoms. The second kappa shape index (κ2) is 8.85. The van der Waals surface area contributed by atoms with Crippen LogP contribution in [0.2, 0.25) is 5.02 Å². The molecule has 154 valence electrons. The van der Waals surface area contributed by atoms with E-state index in [0.717, 1.165) is 33.3 Å². The predicted octanol–water partition coefficient (Wildman–Crippen LogP) is 4.67. The molecule has 0 fully saturated rings. The molecule has 0 bridgehead atoms. The molecule has 6 nitrogen and oxygen atoms in total. The Morgan fingerprint density at radius 2 is 2.00 bits per heavy atom. The number of rotatable bonds is 7. The zero-order chi connectivity index (χ0) is 21.2. The number of benzene rings is 2. The number of aromatic nitrogens is 2. The molecule has 0 spiro atoms. The number of unbranched alkanes of at least 4 members (excludes halogenated alkanes) is 1. The Hall–Kier alpha value is -1.90. The standard InChI is InChI=1S/C20H21BrClN3O3S/c1-3-4-9-29(27,28)24-20(26)14-6-8-18-19(10-14)25(13(2)23-18)12-15-5-7-16(21)11-17(15)22/h5-8,10-11H,3-4,9,12H2,1-2H3,(H,24,26). The molecule has 0 atom stereocenters. The highest BCUT2D eigenvalue weighted by molar-refractivity contribution is 9.10. The summed E-state index contributed by atoms with van der Waals surface area (Å²) in [4.78, 5) is 17.0. The molecular formula is C20H21BrClN3O3S. The van der Waals surface area contributed by atoms with E-state index >= 15 is 0 Å². The van der Waals surface area contributed by atoms with Gasteiger partial charge in [-0.3, -0.25) is 4.79 Å². The van der Waals surface area contributed by atoms with E-state index in [9.17, 15) is 13.2 Å². The summed E-state index contributed by atoms with van der Waals surface area (Å²) in [6.45, 7) is 4.25. The molecular weight excluding hydrogens is 478 g/mol. The van der Waals surface area contributed by atoms with Crippen LogP contribution in [0.15, 0.2) is 40.9 Å². The van der Waals surface area contributed by atoms with Crippen molar-refractivity contribution in [3.63, 3.8) is 0 Å². The molecule has 0 saturated heterocycles. The second-order valence-corrected chi connectivity index (χ2v) is 9.95. The lowest BCUT2D eigenvalue weighted by atomic mass is 10.2. The van der Waals surface area contributed by atoms with Crippen LogP contribution in [-0.2, 0) is 16.6 Å². The number of sulfonamides is 1. The van der Waals surface area contributed by atoms with Gasteiger partial charge in [-0.25, -0.2) is 18.1 Å². The fraction of sp³-hybridized carbons (Fsp3) is 0.300. The van der Waals surface area contributed by atoms with Gasteiger partial charge in [-0.15, -0.1) is 0 Å². The Kier molecular flexibility index (Phi) is 6.65. The fourth-order valence-corrected chi connectivity index (χ4v) is 4.89. The van der Waals surface area contributed by atoms with Crippen LogP contribution in [0.3, 0.4) is 0 Å². The van der Waals surface area contributed by atoms with E-state index < -0.39 is 15.9 Å². The third-order valence-electron chi connectivity index (χ3n) is 4.56. The molecule has 0 aliphatic heterocycles. The average molecular weight is 499 g/mol.